The van der Waals surface area contributed by atoms with Crippen LogP contribution >= 0.6 is 11.8 Å². The molecule has 0 aliphatic carbocycles. The van der Waals surface area contributed by atoms with Gasteiger partial charge in [0.2, 0.25) is 15.8 Å². The number of methoxy groups -OCH3 is 3. The normalized spacial score (nSPS) is 17.5. The second-order valence-corrected chi connectivity index (χ2v) is 11.0. The van der Waals surface area contributed by atoms with E-state index in [4.69, 9.17) is 14.2 Å². The average Bonchev–Trinajstić information content (AvgIpc) is 3.17. The minimum atomic E-state index is -3.60. The maximum atomic E-state index is 13.4. The summed E-state index contributed by atoms with van der Waals surface area (Å²) in [6.07, 6.45) is 0. The van der Waals surface area contributed by atoms with Gasteiger partial charge in [0.05, 0.1) is 31.9 Å². The van der Waals surface area contributed by atoms with Crippen LogP contribution in [-0.2, 0) is 10.0 Å². The van der Waals surface area contributed by atoms with Crippen molar-refractivity contribution in [3.05, 3.63) is 42.0 Å². The van der Waals surface area contributed by atoms with Gasteiger partial charge in [0.15, 0.2) is 16.7 Å². The molecule has 0 saturated carbocycles. The van der Waals surface area contributed by atoms with Crippen LogP contribution in [0.3, 0.4) is 0 Å². The number of aliphatic imine (C=N–C) groups is 1. The number of amides is 1. The Morgan fingerprint density at radius 2 is 1.73 bits per heavy atom. The highest BCUT2D eigenvalue weighted by Crippen LogP contribution is 2.39. The lowest BCUT2D eigenvalue weighted by Crippen LogP contribution is -2.32. The molecule has 9 nitrogen and oxygen atoms in total. The second-order valence-electron chi connectivity index (χ2n) is 7.44. The van der Waals surface area contributed by atoms with Crippen LogP contribution in [0.5, 0.6) is 17.2 Å². The number of nitrogens with zero attached hydrogens (tertiary/aromatic N) is 3. The van der Waals surface area contributed by atoms with Crippen molar-refractivity contribution in [1.29, 1.82) is 0 Å². The smallest absolute Gasteiger partial charge is 0.260 e. The molecule has 0 bridgehead atoms. The van der Waals surface area contributed by atoms with Gasteiger partial charge in [0.25, 0.3) is 5.91 Å². The fourth-order valence-corrected chi connectivity index (χ4v) is 5.24. The third-order valence-electron chi connectivity index (χ3n) is 4.95. The summed E-state index contributed by atoms with van der Waals surface area (Å²) in [5, 5.41) is 0.601. The van der Waals surface area contributed by atoms with E-state index in [1.165, 1.54) is 59.3 Å². The van der Waals surface area contributed by atoms with Crippen LogP contribution in [-0.4, -0.2) is 75.9 Å². The summed E-state index contributed by atoms with van der Waals surface area (Å²) in [6, 6.07) is 9.53. The van der Waals surface area contributed by atoms with E-state index in [1.807, 2.05) is 6.92 Å². The number of carbonyl (C=O) groups excluding carboxylic acids is 1. The van der Waals surface area contributed by atoms with E-state index in [0.717, 1.165) is 4.31 Å². The van der Waals surface area contributed by atoms with Crippen LogP contribution in [0.25, 0.3) is 0 Å². The zero-order valence-corrected chi connectivity index (χ0v) is 21.0. The van der Waals surface area contributed by atoms with Crippen molar-refractivity contribution in [3.8, 4) is 17.2 Å². The third kappa shape index (κ3) is 5.10. The highest BCUT2D eigenvalue weighted by molar-refractivity contribution is 8.14. The van der Waals surface area contributed by atoms with Crippen molar-refractivity contribution in [2.75, 3.05) is 42.0 Å². The van der Waals surface area contributed by atoms with Gasteiger partial charge >= 0.3 is 0 Å². The predicted molar refractivity (Wildman–Crippen MR) is 129 cm³/mol. The largest absolute Gasteiger partial charge is 0.493 e. The van der Waals surface area contributed by atoms with Crippen LogP contribution in [0.4, 0.5) is 5.69 Å². The van der Waals surface area contributed by atoms with E-state index in [2.05, 4.69) is 4.99 Å². The number of thioether (sulfide) groups is 1. The molecule has 0 radical (unpaired) electrons. The second kappa shape index (κ2) is 10.0. The number of amidine groups is 1. The molecular weight excluding hydrogens is 466 g/mol. The fraction of sp³-hybridized carbons (Fsp3) is 0.364. The Hall–Kier alpha value is -2.76. The van der Waals surface area contributed by atoms with Gasteiger partial charge in [-0.3, -0.25) is 9.69 Å². The first-order valence-electron chi connectivity index (χ1n) is 10.0. The van der Waals surface area contributed by atoms with Gasteiger partial charge in [0, 0.05) is 31.5 Å². The van der Waals surface area contributed by atoms with Gasteiger partial charge in [-0.25, -0.2) is 17.7 Å². The zero-order chi connectivity index (χ0) is 24.3. The minimum Gasteiger partial charge on any atom is -0.493 e. The fourth-order valence-electron chi connectivity index (χ4n) is 3.27. The lowest BCUT2D eigenvalue weighted by atomic mass is 10.1. The van der Waals surface area contributed by atoms with Crippen molar-refractivity contribution >= 4 is 38.5 Å². The van der Waals surface area contributed by atoms with E-state index in [-0.39, 0.29) is 16.1 Å². The van der Waals surface area contributed by atoms with Crippen molar-refractivity contribution in [2.24, 2.45) is 4.99 Å². The van der Waals surface area contributed by atoms with Gasteiger partial charge in [-0.15, -0.1) is 0 Å². The van der Waals surface area contributed by atoms with Crippen LogP contribution in [0.2, 0.25) is 0 Å². The van der Waals surface area contributed by atoms with Crippen LogP contribution < -0.4 is 14.2 Å². The Morgan fingerprint density at radius 3 is 2.27 bits per heavy atom. The number of hydrogen-bond acceptors (Lipinski definition) is 8. The standard InChI is InChI=1S/C22H27N3O6S2/c1-14-13-25(21(26)15-10-18(29-4)20(31-6)19(11-15)30-5)22(32-14)23-16-8-7-9-17(12-16)33(27,28)24(2)3/h7-12,14H,13H2,1-6H3. The van der Waals surface area contributed by atoms with Gasteiger partial charge in [-0.05, 0) is 30.3 Å². The Morgan fingerprint density at radius 1 is 1.09 bits per heavy atom. The van der Waals surface area contributed by atoms with E-state index in [1.54, 1.807) is 29.2 Å². The molecule has 1 heterocycles. The molecule has 0 spiro atoms. The first-order valence-corrected chi connectivity index (χ1v) is 12.3. The highest BCUT2D eigenvalue weighted by Gasteiger charge is 2.32. The lowest BCUT2D eigenvalue weighted by Gasteiger charge is -2.19. The Kier molecular flexibility index (Phi) is 7.55. The summed E-state index contributed by atoms with van der Waals surface area (Å²) in [5.41, 5.74) is 0.799. The zero-order valence-electron chi connectivity index (χ0n) is 19.4. The highest BCUT2D eigenvalue weighted by atomic mass is 32.2. The maximum absolute atomic E-state index is 13.4. The monoisotopic (exact) mass is 493 g/mol. The SMILES string of the molecule is COc1cc(C(=O)N2CC(C)SC2=Nc2cccc(S(=O)(=O)N(C)C)c2)cc(OC)c1OC. The van der Waals surface area contributed by atoms with Crippen LogP contribution in [0, 0.1) is 0 Å². The molecule has 2 aromatic carbocycles. The third-order valence-corrected chi connectivity index (χ3v) is 7.84. The average molecular weight is 494 g/mol. The number of ether oxygens (including phenoxy) is 3. The van der Waals surface area contributed by atoms with E-state index < -0.39 is 10.0 Å². The van der Waals surface area contributed by atoms with Crippen molar-refractivity contribution in [1.82, 2.24) is 9.21 Å². The van der Waals surface area contributed by atoms with Gasteiger partial charge < -0.3 is 14.2 Å². The molecule has 1 saturated heterocycles. The van der Waals surface area contributed by atoms with E-state index in [0.29, 0.717) is 40.2 Å². The summed E-state index contributed by atoms with van der Waals surface area (Å²) in [7, 11) is 3.81. The topological polar surface area (TPSA) is 97.7 Å². The molecule has 1 amide bonds. The summed E-state index contributed by atoms with van der Waals surface area (Å²) in [4.78, 5) is 19.7. The molecule has 0 N–H and O–H groups in total. The molecule has 3 rings (SSSR count). The predicted octanol–water partition coefficient (Wildman–Crippen LogP) is 3.23. The minimum absolute atomic E-state index is 0.114. The van der Waals surface area contributed by atoms with Gasteiger partial charge in [-0.2, -0.15) is 0 Å². The summed E-state index contributed by atoms with van der Waals surface area (Å²) in [5.74, 6) is 0.871. The quantitative estimate of drug-likeness (QED) is 0.584. The van der Waals surface area contributed by atoms with Gasteiger partial charge in [-0.1, -0.05) is 24.8 Å². The molecule has 1 unspecified atom stereocenters. The molecule has 2 aromatic rings. The van der Waals surface area contributed by atoms with Gasteiger partial charge in [0.1, 0.15) is 0 Å². The van der Waals surface area contributed by atoms with Crippen molar-refractivity contribution in [3.63, 3.8) is 0 Å². The van der Waals surface area contributed by atoms with Crippen molar-refractivity contribution < 1.29 is 27.4 Å². The number of sulfonamides is 1. The molecule has 1 atom stereocenters. The molecule has 33 heavy (non-hydrogen) atoms. The van der Waals surface area contributed by atoms with Crippen LogP contribution in [0.15, 0.2) is 46.3 Å². The molecule has 11 heteroatoms. The molecule has 178 valence electrons. The molecule has 1 fully saturated rings. The van der Waals surface area contributed by atoms with E-state index in [9.17, 15) is 13.2 Å². The lowest BCUT2D eigenvalue weighted by molar-refractivity contribution is 0.0854. The summed E-state index contributed by atoms with van der Waals surface area (Å²) < 4.78 is 42.2. The van der Waals surface area contributed by atoms with Crippen LogP contribution in [0.1, 0.15) is 17.3 Å². The maximum Gasteiger partial charge on any atom is 0.260 e. The molecule has 0 aromatic heterocycles. The molecular formula is C22H27N3O6S2. The Balaban J connectivity index is 2.00. The van der Waals surface area contributed by atoms with Crippen molar-refractivity contribution in [2.45, 2.75) is 17.1 Å². The Labute approximate surface area is 198 Å². The summed E-state index contributed by atoms with van der Waals surface area (Å²) in [6.45, 7) is 2.45. The molecule has 1 aliphatic heterocycles. The number of carbonyl (C=O) groups is 1. The van der Waals surface area contributed by atoms with E-state index >= 15 is 0 Å². The number of benzene rings is 2. The summed E-state index contributed by atoms with van der Waals surface area (Å²) >= 11 is 1.45. The number of hydrogen-bond donors (Lipinski definition) is 0. The first-order chi connectivity index (χ1) is 15.6. The molecule has 1 aliphatic rings. The Bertz CT molecular complexity index is 1160. The first kappa shape index (κ1) is 24.9. The number of rotatable bonds is 7.